The van der Waals surface area contributed by atoms with Crippen molar-refractivity contribution in [3.05, 3.63) is 39.5 Å². The van der Waals surface area contributed by atoms with Crippen LogP contribution in [0.5, 0.6) is 0 Å². The van der Waals surface area contributed by atoms with Crippen molar-refractivity contribution in [3.63, 3.8) is 0 Å². The summed E-state index contributed by atoms with van der Waals surface area (Å²) in [6, 6.07) is 4.25. The number of anilines is 2. The zero-order chi connectivity index (χ0) is 20.3. The SMILES string of the molecule is Cc1cc(N2CCc3c(sc4c3C(=O)N(C)CC(=O)N4CC3CC3)C2)cc(C)n1. The molecule has 2 amide bonds. The second-order valence-electron chi connectivity index (χ2n) is 8.57. The topological polar surface area (TPSA) is 56.8 Å². The Morgan fingerprint density at radius 2 is 1.86 bits per heavy atom. The Hall–Kier alpha value is -2.41. The van der Waals surface area contributed by atoms with E-state index in [9.17, 15) is 9.59 Å². The Morgan fingerprint density at radius 3 is 2.55 bits per heavy atom. The number of fused-ring (bicyclic) bond motifs is 3. The third-order valence-corrected chi connectivity index (χ3v) is 7.33. The zero-order valence-electron chi connectivity index (χ0n) is 17.2. The van der Waals surface area contributed by atoms with Crippen LogP contribution in [0.3, 0.4) is 0 Å². The third kappa shape index (κ3) is 3.31. The maximum absolute atomic E-state index is 13.1. The molecule has 3 aliphatic rings. The first-order valence-electron chi connectivity index (χ1n) is 10.3. The molecule has 29 heavy (non-hydrogen) atoms. The molecule has 152 valence electrons. The fourth-order valence-corrected chi connectivity index (χ4v) is 5.80. The minimum Gasteiger partial charge on any atom is -0.366 e. The summed E-state index contributed by atoms with van der Waals surface area (Å²) in [6.07, 6.45) is 3.19. The molecule has 0 atom stereocenters. The summed E-state index contributed by atoms with van der Waals surface area (Å²) in [5.41, 5.74) is 5.15. The van der Waals surface area contributed by atoms with Crippen molar-refractivity contribution < 1.29 is 9.59 Å². The average Bonchev–Trinajstić information content (AvgIpc) is 3.42. The van der Waals surface area contributed by atoms with Gasteiger partial charge in [0, 0.05) is 42.1 Å². The molecular weight excluding hydrogens is 384 g/mol. The summed E-state index contributed by atoms with van der Waals surface area (Å²) in [6.45, 7) is 6.61. The molecule has 0 spiro atoms. The van der Waals surface area contributed by atoms with E-state index in [-0.39, 0.29) is 18.4 Å². The van der Waals surface area contributed by atoms with Gasteiger partial charge in [-0.3, -0.25) is 14.6 Å². The fourth-order valence-electron chi connectivity index (χ4n) is 4.42. The van der Waals surface area contributed by atoms with Gasteiger partial charge < -0.3 is 14.7 Å². The molecule has 7 heteroatoms. The number of hydrogen-bond acceptors (Lipinski definition) is 5. The van der Waals surface area contributed by atoms with Gasteiger partial charge in [-0.15, -0.1) is 11.3 Å². The van der Waals surface area contributed by atoms with E-state index in [4.69, 9.17) is 0 Å². The van der Waals surface area contributed by atoms with Crippen molar-refractivity contribution in [1.82, 2.24) is 9.88 Å². The number of pyridine rings is 1. The van der Waals surface area contributed by atoms with Gasteiger partial charge in [-0.05, 0) is 56.7 Å². The van der Waals surface area contributed by atoms with Crippen LogP contribution in [0, 0.1) is 19.8 Å². The van der Waals surface area contributed by atoms with Crippen molar-refractivity contribution in [1.29, 1.82) is 0 Å². The molecular formula is C22H26N4O2S. The number of aromatic nitrogens is 1. The normalized spacial score (nSPS) is 19.3. The molecule has 4 heterocycles. The largest absolute Gasteiger partial charge is 0.366 e. The lowest BCUT2D eigenvalue weighted by atomic mass is 10.0. The lowest BCUT2D eigenvalue weighted by Crippen LogP contribution is -2.38. The van der Waals surface area contributed by atoms with Gasteiger partial charge in [-0.25, -0.2) is 0 Å². The van der Waals surface area contributed by atoms with E-state index in [1.54, 1.807) is 23.3 Å². The van der Waals surface area contributed by atoms with Crippen LogP contribution in [0.2, 0.25) is 0 Å². The molecule has 0 bridgehead atoms. The van der Waals surface area contributed by atoms with Crippen molar-refractivity contribution in [2.45, 2.75) is 39.7 Å². The first-order chi connectivity index (χ1) is 13.9. The predicted molar refractivity (Wildman–Crippen MR) is 115 cm³/mol. The summed E-state index contributed by atoms with van der Waals surface area (Å²) in [5, 5.41) is 0.880. The molecule has 6 nitrogen and oxygen atoms in total. The highest BCUT2D eigenvalue weighted by Gasteiger charge is 2.38. The lowest BCUT2D eigenvalue weighted by Gasteiger charge is -2.30. The number of carbonyl (C=O) groups is 2. The van der Waals surface area contributed by atoms with Gasteiger partial charge in [0.1, 0.15) is 11.5 Å². The third-order valence-electron chi connectivity index (χ3n) is 6.09. The van der Waals surface area contributed by atoms with E-state index < -0.39 is 0 Å². The maximum Gasteiger partial charge on any atom is 0.257 e. The molecule has 2 aromatic heterocycles. The number of thiophene rings is 1. The Kier molecular flexibility index (Phi) is 4.38. The summed E-state index contributed by atoms with van der Waals surface area (Å²) in [5.74, 6) is 0.624. The Labute approximate surface area is 175 Å². The van der Waals surface area contributed by atoms with Crippen LogP contribution < -0.4 is 9.80 Å². The van der Waals surface area contributed by atoms with E-state index in [1.807, 2.05) is 18.7 Å². The average molecular weight is 411 g/mol. The van der Waals surface area contributed by atoms with Crippen molar-refractivity contribution in [3.8, 4) is 0 Å². The van der Waals surface area contributed by atoms with Crippen molar-refractivity contribution in [2.75, 3.05) is 36.5 Å². The van der Waals surface area contributed by atoms with Crippen LogP contribution in [0.4, 0.5) is 10.7 Å². The zero-order valence-corrected chi connectivity index (χ0v) is 18.0. The Bertz CT molecular complexity index is 990. The quantitative estimate of drug-likeness (QED) is 0.780. The van der Waals surface area contributed by atoms with Crippen LogP contribution in [-0.4, -0.2) is 48.4 Å². The van der Waals surface area contributed by atoms with Crippen LogP contribution in [0.1, 0.15) is 45.0 Å². The summed E-state index contributed by atoms with van der Waals surface area (Å²) < 4.78 is 0. The molecule has 0 N–H and O–H groups in total. The monoisotopic (exact) mass is 410 g/mol. The second kappa shape index (κ2) is 6.83. The van der Waals surface area contributed by atoms with E-state index >= 15 is 0 Å². The number of rotatable bonds is 3. The summed E-state index contributed by atoms with van der Waals surface area (Å²) in [4.78, 5) is 37.6. The molecule has 0 unspecified atom stereocenters. The molecule has 0 radical (unpaired) electrons. The van der Waals surface area contributed by atoms with Crippen LogP contribution in [0.15, 0.2) is 12.1 Å². The van der Waals surface area contributed by atoms with Gasteiger partial charge in [0.25, 0.3) is 5.91 Å². The van der Waals surface area contributed by atoms with Gasteiger partial charge >= 0.3 is 0 Å². The van der Waals surface area contributed by atoms with E-state index in [0.29, 0.717) is 5.92 Å². The smallest absolute Gasteiger partial charge is 0.257 e. The van der Waals surface area contributed by atoms with Gasteiger partial charge in [0.15, 0.2) is 0 Å². The van der Waals surface area contributed by atoms with Crippen molar-refractivity contribution in [2.24, 2.45) is 5.92 Å². The first kappa shape index (κ1) is 18.6. The van der Waals surface area contributed by atoms with Crippen molar-refractivity contribution >= 4 is 33.8 Å². The van der Waals surface area contributed by atoms with Gasteiger partial charge in [-0.2, -0.15) is 0 Å². The predicted octanol–water partition coefficient (Wildman–Crippen LogP) is 3.15. The van der Waals surface area contributed by atoms with Crippen LogP contribution in [0.25, 0.3) is 0 Å². The molecule has 0 aromatic carbocycles. The maximum atomic E-state index is 13.1. The number of amides is 2. The number of carbonyl (C=O) groups excluding carboxylic acids is 2. The number of nitrogens with zero attached hydrogens (tertiary/aromatic N) is 4. The molecule has 5 rings (SSSR count). The van der Waals surface area contributed by atoms with Gasteiger partial charge in [0.2, 0.25) is 5.91 Å². The number of aryl methyl sites for hydroxylation is 2. The number of hydrogen-bond donors (Lipinski definition) is 0. The van der Waals surface area contributed by atoms with Crippen LogP contribution >= 0.6 is 11.3 Å². The van der Waals surface area contributed by atoms with Gasteiger partial charge in [0.05, 0.1) is 12.1 Å². The van der Waals surface area contributed by atoms with Crippen LogP contribution in [-0.2, 0) is 17.8 Å². The van der Waals surface area contributed by atoms with E-state index in [1.165, 1.54) is 23.4 Å². The Morgan fingerprint density at radius 1 is 1.14 bits per heavy atom. The highest BCUT2D eigenvalue weighted by Crippen LogP contribution is 2.43. The minimum atomic E-state index is -0.00630. The molecule has 2 aromatic rings. The second-order valence-corrected chi connectivity index (χ2v) is 9.66. The Balaban J connectivity index is 1.53. The molecule has 1 saturated carbocycles. The highest BCUT2D eigenvalue weighted by atomic mass is 32.1. The molecule has 1 fully saturated rings. The van der Waals surface area contributed by atoms with E-state index in [2.05, 4.69) is 22.0 Å². The standard InChI is InChI=1S/C22H26N4O2S/c1-13-8-16(9-14(2)23-13)25-7-6-17-18(11-25)29-22-20(17)21(28)24(3)12-19(27)26(22)10-15-4-5-15/h8-9,15H,4-7,10-12H2,1-3H3. The summed E-state index contributed by atoms with van der Waals surface area (Å²) >= 11 is 1.65. The highest BCUT2D eigenvalue weighted by molar-refractivity contribution is 7.17. The molecule has 0 saturated heterocycles. The minimum absolute atomic E-state index is 0.00630. The molecule has 2 aliphatic heterocycles. The first-order valence-corrected chi connectivity index (χ1v) is 11.1. The fraction of sp³-hybridized carbons (Fsp3) is 0.500. The van der Waals surface area contributed by atoms with E-state index in [0.717, 1.165) is 53.6 Å². The molecule has 1 aliphatic carbocycles. The summed E-state index contributed by atoms with van der Waals surface area (Å²) in [7, 11) is 1.74. The number of likely N-dealkylation sites (N-methyl/N-ethyl adjacent to an activating group) is 1. The lowest BCUT2D eigenvalue weighted by molar-refractivity contribution is -0.119. The van der Waals surface area contributed by atoms with Gasteiger partial charge in [-0.1, -0.05) is 0 Å².